The molecule has 11 heavy (non-hydrogen) atoms. The molecule has 0 aromatic heterocycles. The summed E-state index contributed by atoms with van der Waals surface area (Å²) < 4.78 is 22.1. The highest BCUT2D eigenvalue weighted by Gasteiger charge is 2.01. The first-order valence-electron chi connectivity index (χ1n) is 3.60. The Morgan fingerprint density at radius 3 is 2.64 bits per heavy atom. The molecule has 0 fully saturated rings. The van der Waals surface area contributed by atoms with Gasteiger partial charge in [0, 0.05) is 13.5 Å². The lowest BCUT2D eigenvalue weighted by atomic mass is 10.3. The normalized spacial score (nSPS) is 12.6. The number of alkyl halides is 1. The third-order valence-electron chi connectivity index (χ3n) is 1.10. The fraction of sp³-hybridized carbons (Fsp3) is 0.750. The summed E-state index contributed by atoms with van der Waals surface area (Å²) in [7, 11) is 1.59. The van der Waals surface area contributed by atoms with Crippen LogP contribution in [0.1, 0.15) is 13.3 Å². The average Bonchev–Trinajstić information content (AvgIpc) is 1.86. The lowest BCUT2D eigenvalue weighted by molar-refractivity contribution is 0.102. The fourth-order valence-corrected chi connectivity index (χ4v) is 0.642. The van der Waals surface area contributed by atoms with Gasteiger partial charge in [-0.1, -0.05) is 6.58 Å². The van der Waals surface area contributed by atoms with Crippen molar-refractivity contribution in [1.82, 2.24) is 0 Å². The van der Waals surface area contributed by atoms with Gasteiger partial charge in [-0.15, -0.1) is 0 Å². The van der Waals surface area contributed by atoms with Gasteiger partial charge < -0.3 is 9.47 Å². The molecular formula is C8H15FO2. The summed E-state index contributed by atoms with van der Waals surface area (Å²) in [6, 6.07) is 0. The van der Waals surface area contributed by atoms with Crippen LogP contribution in [0.15, 0.2) is 12.3 Å². The molecule has 0 bridgehead atoms. The molecule has 0 spiro atoms. The van der Waals surface area contributed by atoms with Gasteiger partial charge in [-0.3, -0.25) is 0 Å². The maximum absolute atomic E-state index is 12.3. The van der Waals surface area contributed by atoms with Crippen molar-refractivity contribution in [2.24, 2.45) is 0 Å². The average molecular weight is 162 g/mol. The van der Waals surface area contributed by atoms with Gasteiger partial charge in [0.15, 0.2) is 0 Å². The van der Waals surface area contributed by atoms with Crippen LogP contribution in [0.5, 0.6) is 0 Å². The van der Waals surface area contributed by atoms with E-state index in [1.54, 1.807) is 7.11 Å². The van der Waals surface area contributed by atoms with E-state index in [9.17, 15) is 4.39 Å². The minimum atomic E-state index is -0.884. The summed E-state index contributed by atoms with van der Waals surface area (Å²) >= 11 is 0. The van der Waals surface area contributed by atoms with Crippen molar-refractivity contribution in [3.8, 4) is 0 Å². The second kappa shape index (κ2) is 6.16. The Kier molecular flexibility index (Phi) is 5.84. The van der Waals surface area contributed by atoms with Crippen LogP contribution in [-0.2, 0) is 9.47 Å². The van der Waals surface area contributed by atoms with Crippen molar-refractivity contribution in [1.29, 1.82) is 0 Å². The minimum Gasteiger partial charge on any atom is -0.496 e. The zero-order chi connectivity index (χ0) is 8.69. The molecule has 0 aliphatic carbocycles. The molecule has 0 aromatic rings. The van der Waals surface area contributed by atoms with Gasteiger partial charge in [-0.05, 0) is 6.92 Å². The summed E-state index contributed by atoms with van der Waals surface area (Å²) in [6.45, 7) is 5.99. The summed E-state index contributed by atoms with van der Waals surface area (Å²) in [5, 5.41) is 0. The van der Waals surface area contributed by atoms with Crippen molar-refractivity contribution in [2.45, 2.75) is 19.5 Å². The Morgan fingerprint density at radius 2 is 2.18 bits per heavy atom. The monoisotopic (exact) mass is 162 g/mol. The first-order valence-corrected chi connectivity index (χ1v) is 3.60. The van der Waals surface area contributed by atoms with Gasteiger partial charge in [0.2, 0.25) is 0 Å². The van der Waals surface area contributed by atoms with Crippen molar-refractivity contribution < 1.29 is 13.9 Å². The molecule has 0 saturated heterocycles. The number of methoxy groups -OCH3 is 1. The molecule has 0 saturated carbocycles. The van der Waals surface area contributed by atoms with E-state index in [2.05, 4.69) is 6.58 Å². The van der Waals surface area contributed by atoms with Gasteiger partial charge in [0.1, 0.15) is 12.8 Å². The molecule has 0 aromatic carbocycles. The molecule has 1 unspecified atom stereocenters. The SMILES string of the molecule is C=C(CC(C)F)OCCOC. The van der Waals surface area contributed by atoms with Crippen LogP contribution in [0, 0.1) is 0 Å². The predicted molar refractivity (Wildman–Crippen MR) is 42.2 cm³/mol. The molecule has 0 amide bonds. The Hall–Kier alpha value is -0.570. The maximum Gasteiger partial charge on any atom is 0.111 e. The van der Waals surface area contributed by atoms with Crippen molar-refractivity contribution in [3.05, 3.63) is 12.3 Å². The third kappa shape index (κ3) is 7.33. The van der Waals surface area contributed by atoms with Crippen LogP contribution in [0.4, 0.5) is 4.39 Å². The van der Waals surface area contributed by atoms with E-state index < -0.39 is 6.17 Å². The van der Waals surface area contributed by atoms with Crippen LogP contribution < -0.4 is 0 Å². The molecule has 0 rings (SSSR count). The number of hydrogen-bond acceptors (Lipinski definition) is 2. The Morgan fingerprint density at radius 1 is 1.55 bits per heavy atom. The molecule has 0 N–H and O–H groups in total. The van der Waals surface area contributed by atoms with E-state index in [1.165, 1.54) is 6.92 Å². The van der Waals surface area contributed by atoms with Crippen LogP contribution in [0.2, 0.25) is 0 Å². The van der Waals surface area contributed by atoms with E-state index >= 15 is 0 Å². The molecule has 1 atom stereocenters. The summed E-state index contributed by atoms with van der Waals surface area (Å²) in [5.41, 5.74) is 0. The molecule has 3 heteroatoms. The minimum absolute atomic E-state index is 0.268. The van der Waals surface area contributed by atoms with Crippen LogP contribution in [0.25, 0.3) is 0 Å². The first-order chi connectivity index (χ1) is 5.16. The zero-order valence-electron chi connectivity index (χ0n) is 7.10. The highest BCUT2D eigenvalue weighted by Crippen LogP contribution is 2.06. The molecule has 2 nitrogen and oxygen atoms in total. The van der Waals surface area contributed by atoms with E-state index in [-0.39, 0.29) is 6.42 Å². The number of hydrogen-bond donors (Lipinski definition) is 0. The second-order valence-electron chi connectivity index (χ2n) is 2.36. The van der Waals surface area contributed by atoms with E-state index in [0.29, 0.717) is 19.0 Å². The number of allylic oxidation sites excluding steroid dienone is 1. The predicted octanol–water partition coefficient (Wildman–Crippen LogP) is 1.91. The highest BCUT2D eigenvalue weighted by molar-refractivity contribution is 4.84. The van der Waals surface area contributed by atoms with Gasteiger partial charge in [-0.25, -0.2) is 4.39 Å². The van der Waals surface area contributed by atoms with Gasteiger partial charge in [0.25, 0.3) is 0 Å². The standard InChI is InChI=1S/C8H15FO2/c1-7(9)6-8(2)11-5-4-10-3/h7H,2,4-6H2,1,3H3. The van der Waals surface area contributed by atoms with Crippen LogP contribution in [0.3, 0.4) is 0 Å². The summed E-state index contributed by atoms with van der Waals surface area (Å²) in [5.74, 6) is 0.483. The smallest absolute Gasteiger partial charge is 0.111 e. The van der Waals surface area contributed by atoms with Crippen molar-refractivity contribution in [2.75, 3.05) is 20.3 Å². The fourth-order valence-electron chi connectivity index (χ4n) is 0.642. The van der Waals surface area contributed by atoms with Crippen molar-refractivity contribution >= 4 is 0 Å². The topological polar surface area (TPSA) is 18.5 Å². The lowest BCUT2D eigenvalue weighted by Gasteiger charge is -2.08. The largest absolute Gasteiger partial charge is 0.496 e. The first kappa shape index (κ1) is 10.4. The molecular weight excluding hydrogens is 147 g/mol. The molecule has 0 radical (unpaired) electrons. The Bertz CT molecular complexity index is 113. The molecule has 0 heterocycles. The van der Waals surface area contributed by atoms with Crippen LogP contribution in [-0.4, -0.2) is 26.5 Å². The second-order valence-corrected chi connectivity index (χ2v) is 2.36. The highest BCUT2D eigenvalue weighted by atomic mass is 19.1. The van der Waals surface area contributed by atoms with Crippen molar-refractivity contribution in [3.63, 3.8) is 0 Å². The van der Waals surface area contributed by atoms with Gasteiger partial charge >= 0.3 is 0 Å². The third-order valence-corrected chi connectivity index (χ3v) is 1.10. The summed E-state index contributed by atoms with van der Waals surface area (Å²) in [6.07, 6.45) is -0.617. The summed E-state index contributed by atoms with van der Waals surface area (Å²) in [4.78, 5) is 0. The zero-order valence-corrected chi connectivity index (χ0v) is 7.10. The maximum atomic E-state index is 12.3. The Labute approximate surface area is 67.0 Å². The lowest BCUT2D eigenvalue weighted by Crippen LogP contribution is -2.04. The van der Waals surface area contributed by atoms with Gasteiger partial charge in [0.05, 0.1) is 12.4 Å². The Balaban J connectivity index is 3.23. The molecule has 0 aliphatic rings. The van der Waals surface area contributed by atoms with E-state index in [4.69, 9.17) is 9.47 Å². The van der Waals surface area contributed by atoms with Crippen LogP contribution >= 0.6 is 0 Å². The van der Waals surface area contributed by atoms with E-state index in [1.807, 2.05) is 0 Å². The van der Waals surface area contributed by atoms with E-state index in [0.717, 1.165) is 0 Å². The number of ether oxygens (including phenoxy) is 2. The molecule has 66 valence electrons. The molecule has 0 aliphatic heterocycles. The number of halogens is 1. The quantitative estimate of drug-likeness (QED) is 0.438. The number of rotatable bonds is 6. The van der Waals surface area contributed by atoms with Gasteiger partial charge in [-0.2, -0.15) is 0 Å².